The van der Waals surface area contributed by atoms with Gasteiger partial charge in [0.15, 0.2) is 5.78 Å². The highest BCUT2D eigenvalue weighted by molar-refractivity contribution is 5.93. The summed E-state index contributed by atoms with van der Waals surface area (Å²) in [5.74, 6) is 0.734. The average Bonchev–Trinajstić information content (AvgIpc) is 1.83. The zero-order valence-corrected chi connectivity index (χ0v) is 6.26. The Labute approximate surface area is 61.1 Å². The van der Waals surface area contributed by atoms with Crippen LogP contribution in [0.4, 0.5) is 0 Å². The van der Waals surface area contributed by atoms with Crippen LogP contribution in [0, 0.1) is 11.3 Å². The molecule has 0 aromatic heterocycles. The Bertz CT molecular complexity index is 205. The predicted molar refractivity (Wildman–Crippen MR) is 39.6 cm³/mol. The van der Waals surface area contributed by atoms with E-state index in [9.17, 15) is 4.79 Å². The van der Waals surface area contributed by atoms with Crippen molar-refractivity contribution in [3.63, 3.8) is 0 Å². The second kappa shape index (κ2) is 1.71. The van der Waals surface area contributed by atoms with Crippen molar-refractivity contribution in [1.29, 1.82) is 0 Å². The smallest absolute Gasteiger partial charge is 0.158 e. The first-order valence-corrected chi connectivity index (χ1v) is 3.93. The zero-order chi connectivity index (χ0) is 7.19. The van der Waals surface area contributed by atoms with E-state index in [2.05, 4.69) is 6.92 Å². The van der Waals surface area contributed by atoms with Crippen LogP contribution in [0.1, 0.15) is 26.2 Å². The highest BCUT2D eigenvalue weighted by Gasteiger charge is 2.46. The van der Waals surface area contributed by atoms with E-state index in [4.69, 9.17) is 0 Å². The van der Waals surface area contributed by atoms with Gasteiger partial charge in [0.25, 0.3) is 0 Å². The molecule has 2 atom stereocenters. The Morgan fingerprint density at radius 1 is 1.70 bits per heavy atom. The first kappa shape index (κ1) is 6.14. The fourth-order valence-corrected chi connectivity index (χ4v) is 2.07. The molecule has 0 heterocycles. The van der Waals surface area contributed by atoms with Crippen molar-refractivity contribution in [3.8, 4) is 0 Å². The number of fused-ring (bicyclic) bond motifs is 1. The van der Waals surface area contributed by atoms with Crippen molar-refractivity contribution in [2.75, 3.05) is 0 Å². The quantitative estimate of drug-likeness (QED) is 0.497. The zero-order valence-electron chi connectivity index (χ0n) is 6.26. The molecule has 1 saturated carbocycles. The van der Waals surface area contributed by atoms with Gasteiger partial charge in [0, 0.05) is 5.92 Å². The maximum Gasteiger partial charge on any atom is 0.158 e. The molecule has 0 amide bonds. The lowest BCUT2D eigenvalue weighted by atomic mass is 9.56. The third-order valence-corrected chi connectivity index (χ3v) is 3.06. The second-order valence-electron chi connectivity index (χ2n) is 3.75. The molecule has 54 valence electrons. The van der Waals surface area contributed by atoms with Crippen LogP contribution in [0.25, 0.3) is 0 Å². The minimum atomic E-state index is 0.353. The minimum absolute atomic E-state index is 0.353. The van der Waals surface area contributed by atoms with Crippen molar-refractivity contribution in [2.45, 2.75) is 26.2 Å². The summed E-state index contributed by atoms with van der Waals surface area (Å²) < 4.78 is 0. The van der Waals surface area contributed by atoms with Gasteiger partial charge in [-0.05, 0) is 30.8 Å². The lowest BCUT2D eigenvalue weighted by molar-refractivity contribution is -0.128. The molecular weight excluding hydrogens is 124 g/mol. The fraction of sp³-hybridized carbons (Fsp3) is 0.667. The van der Waals surface area contributed by atoms with E-state index in [-0.39, 0.29) is 0 Å². The Hall–Kier alpha value is -0.590. The van der Waals surface area contributed by atoms with Gasteiger partial charge in [-0.15, -0.1) is 0 Å². The summed E-state index contributed by atoms with van der Waals surface area (Å²) in [5.41, 5.74) is 0.353. The van der Waals surface area contributed by atoms with E-state index in [1.165, 1.54) is 6.42 Å². The summed E-state index contributed by atoms with van der Waals surface area (Å²) in [5, 5.41) is 0. The number of carbonyl (C=O) groups is 1. The van der Waals surface area contributed by atoms with Crippen LogP contribution >= 0.6 is 0 Å². The standard InChI is InChI=1S/C9H12O/c1-9-5-2-3-8(10)7(9)4-6-9/h2-3,7H,4-6H2,1H3/t7-,9-/m0/s1. The van der Waals surface area contributed by atoms with Gasteiger partial charge in [0.1, 0.15) is 0 Å². The van der Waals surface area contributed by atoms with Gasteiger partial charge in [0.2, 0.25) is 0 Å². The first-order chi connectivity index (χ1) is 4.72. The molecule has 0 saturated heterocycles. The highest BCUT2D eigenvalue weighted by atomic mass is 16.1. The van der Waals surface area contributed by atoms with E-state index in [1.54, 1.807) is 6.08 Å². The molecule has 0 aromatic carbocycles. The van der Waals surface area contributed by atoms with Crippen LogP contribution in [0.15, 0.2) is 12.2 Å². The maximum absolute atomic E-state index is 11.2. The number of hydrogen-bond acceptors (Lipinski definition) is 1. The lowest BCUT2D eigenvalue weighted by Gasteiger charge is -2.47. The molecule has 0 N–H and O–H groups in total. The van der Waals surface area contributed by atoms with Gasteiger partial charge in [-0.1, -0.05) is 13.0 Å². The molecule has 0 spiro atoms. The van der Waals surface area contributed by atoms with Crippen LogP contribution in [-0.4, -0.2) is 5.78 Å². The van der Waals surface area contributed by atoms with Crippen molar-refractivity contribution in [3.05, 3.63) is 12.2 Å². The number of rotatable bonds is 0. The normalized spacial score (nSPS) is 44.5. The summed E-state index contributed by atoms with van der Waals surface area (Å²) in [7, 11) is 0. The van der Waals surface area contributed by atoms with Gasteiger partial charge >= 0.3 is 0 Å². The Kier molecular flexibility index (Phi) is 1.05. The summed E-state index contributed by atoms with van der Waals surface area (Å²) >= 11 is 0. The molecule has 1 heteroatoms. The van der Waals surface area contributed by atoms with Gasteiger partial charge in [-0.3, -0.25) is 4.79 Å². The van der Waals surface area contributed by atoms with Gasteiger partial charge in [-0.2, -0.15) is 0 Å². The average molecular weight is 136 g/mol. The molecule has 0 radical (unpaired) electrons. The third kappa shape index (κ3) is 0.606. The van der Waals surface area contributed by atoms with Gasteiger partial charge in [0.05, 0.1) is 0 Å². The molecule has 0 aliphatic heterocycles. The van der Waals surface area contributed by atoms with E-state index in [1.807, 2.05) is 6.08 Å². The van der Waals surface area contributed by atoms with Crippen LogP contribution < -0.4 is 0 Å². The maximum atomic E-state index is 11.2. The molecule has 0 bridgehead atoms. The highest BCUT2D eigenvalue weighted by Crippen LogP contribution is 2.51. The van der Waals surface area contributed by atoms with Crippen molar-refractivity contribution < 1.29 is 4.79 Å². The number of allylic oxidation sites excluding steroid dienone is 2. The molecule has 1 fully saturated rings. The Balaban J connectivity index is 2.28. The van der Waals surface area contributed by atoms with E-state index < -0.39 is 0 Å². The lowest BCUT2D eigenvalue weighted by Crippen LogP contribution is -2.43. The number of ketones is 1. The Morgan fingerprint density at radius 3 is 2.90 bits per heavy atom. The molecule has 2 aliphatic rings. The van der Waals surface area contributed by atoms with E-state index in [0.717, 1.165) is 12.8 Å². The number of hydrogen-bond donors (Lipinski definition) is 0. The van der Waals surface area contributed by atoms with Crippen molar-refractivity contribution in [1.82, 2.24) is 0 Å². The fourth-order valence-electron chi connectivity index (χ4n) is 2.07. The summed E-state index contributed by atoms with van der Waals surface area (Å²) in [4.78, 5) is 11.2. The summed E-state index contributed by atoms with van der Waals surface area (Å²) in [6.07, 6.45) is 7.26. The van der Waals surface area contributed by atoms with Crippen LogP contribution in [0.5, 0.6) is 0 Å². The largest absolute Gasteiger partial charge is 0.295 e. The second-order valence-corrected chi connectivity index (χ2v) is 3.75. The predicted octanol–water partition coefficient (Wildman–Crippen LogP) is 1.93. The molecule has 1 nitrogen and oxygen atoms in total. The molecule has 0 unspecified atom stereocenters. The minimum Gasteiger partial charge on any atom is -0.295 e. The van der Waals surface area contributed by atoms with Crippen molar-refractivity contribution >= 4 is 5.78 Å². The van der Waals surface area contributed by atoms with Crippen molar-refractivity contribution in [2.24, 2.45) is 11.3 Å². The third-order valence-electron chi connectivity index (χ3n) is 3.06. The van der Waals surface area contributed by atoms with Crippen LogP contribution in [0.2, 0.25) is 0 Å². The van der Waals surface area contributed by atoms with E-state index >= 15 is 0 Å². The molecule has 10 heavy (non-hydrogen) atoms. The molecular formula is C9H12O. The van der Waals surface area contributed by atoms with Crippen LogP contribution in [0.3, 0.4) is 0 Å². The number of carbonyl (C=O) groups excluding carboxylic acids is 1. The molecule has 2 aliphatic carbocycles. The van der Waals surface area contributed by atoms with Gasteiger partial charge in [-0.25, -0.2) is 0 Å². The van der Waals surface area contributed by atoms with Gasteiger partial charge < -0.3 is 0 Å². The van der Waals surface area contributed by atoms with E-state index in [0.29, 0.717) is 17.1 Å². The SMILES string of the molecule is C[C@@]12CC=CC(=O)[C@@H]1CC2. The van der Waals surface area contributed by atoms with Crippen LogP contribution in [-0.2, 0) is 4.79 Å². The topological polar surface area (TPSA) is 17.1 Å². The summed E-state index contributed by atoms with van der Waals surface area (Å²) in [6.45, 7) is 2.22. The summed E-state index contributed by atoms with van der Waals surface area (Å²) in [6, 6.07) is 0. The Morgan fingerprint density at radius 2 is 2.50 bits per heavy atom. The first-order valence-electron chi connectivity index (χ1n) is 3.93. The molecule has 2 rings (SSSR count). The molecule has 0 aromatic rings. The monoisotopic (exact) mass is 136 g/mol.